The standard InChI is InChI=1S/C10H14O/c1-4-11-10-6-5-8(2)9(3)7-10/h7H,2-6H2,1H3. The van der Waals surface area contributed by atoms with E-state index in [-0.39, 0.29) is 0 Å². The molecule has 0 aliphatic heterocycles. The van der Waals surface area contributed by atoms with Gasteiger partial charge in [-0.25, -0.2) is 0 Å². The summed E-state index contributed by atoms with van der Waals surface area (Å²) in [7, 11) is 0. The second kappa shape index (κ2) is 3.42. The minimum absolute atomic E-state index is 0.742. The molecule has 1 nitrogen and oxygen atoms in total. The van der Waals surface area contributed by atoms with Crippen molar-refractivity contribution in [1.82, 2.24) is 0 Å². The fourth-order valence-electron chi connectivity index (χ4n) is 1.10. The lowest BCUT2D eigenvalue weighted by Crippen LogP contribution is -2.00. The fourth-order valence-corrected chi connectivity index (χ4v) is 1.10. The van der Waals surface area contributed by atoms with Crippen LogP contribution in [0.5, 0.6) is 0 Å². The topological polar surface area (TPSA) is 9.23 Å². The first-order valence-corrected chi connectivity index (χ1v) is 3.94. The first kappa shape index (κ1) is 8.12. The van der Waals surface area contributed by atoms with Crippen LogP contribution >= 0.6 is 0 Å². The van der Waals surface area contributed by atoms with Crippen molar-refractivity contribution in [2.75, 3.05) is 6.61 Å². The van der Waals surface area contributed by atoms with Crippen molar-refractivity contribution >= 4 is 0 Å². The second-order valence-corrected chi connectivity index (χ2v) is 2.67. The van der Waals surface area contributed by atoms with Gasteiger partial charge in [-0.2, -0.15) is 0 Å². The molecule has 0 aromatic carbocycles. The first-order chi connectivity index (χ1) is 5.24. The molecule has 1 aliphatic carbocycles. The average Bonchev–Trinajstić information content (AvgIpc) is 1.98. The lowest BCUT2D eigenvalue weighted by molar-refractivity contribution is 0.217. The highest BCUT2D eigenvalue weighted by atomic mass is 16.5. The van der Waals surface area contributed by atoms with E-state index < -0.39 is 0 Å². The monoisotopic (exact) mass is 150 g/mol. The third-order valence-electron chi connectivity index (χ3n) is 1.79. The van der Waals surface area contributed by atoms with Gasteiger partial charge in [0.1, 0.15) is 0 Å². The van der Waals surface area contributed by atoms with Gasteiger partial charge in [0.2, 0.25) is 0 Å². The smallest absolute Gasteiger partial charge is 0.0968 e. The van der Waals surface area contributed by atoms with E-state index in [1.54, 1.807) is 0 Å². The molecule has 0 radical (unpaired) electrons. The van der Waals surface area contributed by atoms with Gasteiger partial charge in [-0.1, -0.05) is 13.2 Å². The van der Waals surface area contributed by atoms with Gasteiger partial charge in [0.15, 0.2) is 0 Å². The van der Waals surface area contributed by atoms with E-state index >= 15 is 0 Å². The van der Waals surface area contributed by atoms with Gasteiger partial charge in [-0.15, -0.1) is 0 Å². The molecule has 0 bridgehead atoms. The van der Waals surface area contributed by atoms with Gasteiger partial charge in [-0.05, 0) is 30.6 Å². The number of ether oxygens (including phenoxy) is 1. The Labute approximate surface area is 68.1 Å². The van der Waals surface area contributed by atoms with Crippen LogP contribution in [0.15, 0.2) is 36.1 Å². The highest BCUT2D eigenvalue weighted by Gasteiger charge is 2.09. The Balaban J connectivity index is 2.63. The van der Waals surface area contributed by atoms with E-state index in [9.17, 15) is 0 Å². The SMILES string of the molecule is C=C1C=C(OCC)CCC1=C. The summed E-state index contributed by atoms with van der Waals surface area (Å²) in [6, 6.07) is 0. The van der Waals surface area contributed by atoms with Gasteiger partial charge >= 0.3 is 0 Å². The Morgan fingerprint density at radius 1 is 1.45 bits per heavy atom. The molecule has 0 saturated heterocycles. The zero-order chi connectivity index (χ0) is 8.27. The van der Waals surface area contributed by atoms with Crippen LogP contribution in [-0.4, -0.2) is 6.61 Å². The van der Waals surface area contributed by atoms with Crippen molar-refractivity contribution in [3.63, 3.8) is 0 Å². The van der Waals surface area contributed by atoms with Crippen LogP contribution in [0.3, 0.4) is 0 Å². The maximum Gasteiger partial charge on any atom is 0.0968 e. The van der Waals surface area contributed by atoms with E-state index in [1.165, 1.54) is 0 Å². The lowest BCUT2D eigenvalue weighted by Gasteiger charge is -2.16. The van der Waals surface area contributed by atoms with E-state index in [4.69, 9.17) is 4.74 Å². The van der Waals surface area contributed by atoms with Crippen molar-refractivity contribution < 1.29 is 4.74 Å². The molecule has 1 heteroatoms. The molecule has 60 valence electrons. The fraction of sp³-hybridized carbons (Fsp3) is 0.400. The molecule has 1 rings (SSSR count). The van der Waals surface area contributed by atoms with Crippen molar-refractivity contribution in [2.45, 2.75) is 19.8 Å². The van der Waals surface area contributed by atoms with Crippen molar-refractivity contribution in [3.05, 3.63) is 36.1 Å². The maximum atomic E-state index is 5.36. The summed E-state index contributed by atoms with van der Waals surface area (Å²) >= 11 is 0. The van der Waals surface area contributed by atoms with Crippen molar-refractivity contribution in [1.29, 1.82) is 0 Å². The van der Waals surface area contributed by atoms with Crippen molar-refractivity contribution in [2.24, 2.45) is 0 Å². The summed E-state index contributed by atoms with van der Waals surface area (Å²) in [5.41, 5.74) is 2.15. The first-order valence-electron chi connectivity index (χ1n) is 3.94. The molecular weight excluding hydrogens is 136 g/mol. The second-order valence-electron chi connectivity index (χ2n) is 2.67. The van der Waals surface area contributed by atoms with Gasteiger partial charge in [-0.3, -0.25) is 0 Å². The predicted molar refractivity (Wildman–Crippen MR) is 47.2 cm³/mol. The lowest BCUT2D eigenvalue weighted by atomic mass is 9.97. The minimum Gasteiger partial charge on any atom is -0.498 e. The number of allylic oxidation sites excluding steroid dienone is 4. The van der Waals surface area contributed by atoms with Gasteiger partial charge in [0, 0.05) is 6.42 Å². The number of hydrogen-bond donors (Lipinski definition) is 0. The van der Waals surface area contributed by atoms with Crippen LogP contribution in [0.25, 0.3) is 0 Å². The van der Waals surface area contributed by atoms with Crippen LogP contribution in [0.4, 0.5) is 0 Å². The average molecular weight is 150 g/mol. The molecule has 0 unspecified atom stereocenters. The summed E-state index contributed by atoms with van der Waals surface area (Å²) in [6.45, 7) is 10.5. The zero-order valence-electron chi connectivity index (χ0n) is 7.02. The molecule has 11 heavy (non-hydrogen) atoms. The third kappa shape index (κ3) is 1.97. The Morgan fingerprint density at radius 2 is 2.18 bits per heavy atom. The summed E-state index contributed by atoms with van der Waals surface area (Å²) in [6.07, 6.45) is 3.95. The molecule has 1 aliphatic rings. The normalized spacial score (nSPS) is 18.1. The Kier molecular flexibility index (Phi) is 2.53. The number of rotatable bonds is 2. The minimum atomic E-state index is 0.742. The van der Waals surface area contributed by atoms with Gasteiger partial charge in [0.05, 0.1) is 12.4 Å². The molecule has 0 heterocycles. The Morgan fingerprint density at radius 3 is 2.73 bits per heavy atom. The molecule has 0 spiro atoms. The number of hydrogen-bond acceptors (Lipinski definition) is 1. The van der Waals surface area contributed by atoms with Crippen LogP contribution in [0.1, 0.15) is 19.8 Å². The quantitative estimate of drug-likeness (QED) is 0.588. The Hall–Kier alpha value is -0.980. The van der Waals surface area contributed by atoms with Crippen LogP contribution in [-0.2, 0) is 4.74 Å². The summed E-state index contributed by atoms with van der Waals surface area (Å²) in [5.74, 6) is 1.05. The van der Waals surface area contributed by atoms with E-state index in [0.29, 0.717) is 0 Å². The molecule has 0 fully saturated rings. The largest absolute Gasteiger partial charge is 0.498 e. The summed E-state index contributed by atoms with van der Waals surface area (Å²) in [4.78, 5) is 0. The van der Waals surface area contributed by atoms with E-state index in [0.717, 1.165) is 36.4 Å². The van der Waals surface area contributed by atoms with Crippen LogP contribution in [0, 0.1) is 0 Å². The molecule has 0 N–H and O–H groups in total. The van der Waals surface area contributed by atoms with E-state index in [2.05, 4.69) is 13.2 Å². The molecule has 0 aromatic rings. The highest BCUT2D eigenvalue weighted by molar-refractivity contribution is 5.39. The van der Waals surface area contributed by atoms with E-state index in [1.807, 2.05) is 13.0 Å². The van der Waals surface area contributed by atoms with Crippen LogP contribution in [0.2, 0.25) is 0 Å². The summed E-state index contributed by atoms with van der Waals surface area (Å²) < 4.78 is 5.36. The van der Waals surface area contributed by atoms with Gasteiger partial charge < -0.3 is 4.74 Å². The third-order valence-corrected chi connectivity index (χ3v) is 1.79. The molecule has 0 atom stereocenters. The predicted octanol–water partition coefficient (Wildman–Crippen LogP) is 2.81. The van der Waals surface area contributed by atoms with Gasteiger partial charge in [0.25, 0.3) is 0 Å². The maximum absolute atomic E-state index is 5.36. The molecule has 0 amide bonds. The van der Waals surface area contributed by atoms with Crippen molar-refractivity contribution in [3.8, 4) is 0 Å². The molecular formula is C10H14O. The molecule has 0 saturated carbocycles. The highest BCUT2D eigenvalue weighted by Crippen LogP contribution is 2.25. The van der Waals surface area contributed by atoms with Crippen LogP contribution < -0.4 is 0 Å². The Bertz CT molecular complexity index is 211. The summed E-state index contributed by atoms with van der Waals surface area (Å²) in [5, 5.41) is 0. The molecule has 0 aromatic heterocycles. The zero-order valence-corrected chi connectivity index (χ0v) is 7.02.